The van der Waals surface area contributed by atoms with Gasteiger partial charge in [0.1, 0.15) is 0 Å². The van der Waals surface area contributed by atoms with Crippen molar-refractivity contribution in [2.45, 2.75) is 31.6 Å². The molecule has 160 valence electrons. The molecule has 0 heterocycles. The second-order valence-corrected chi connectivity index (χ2v) is 9.37. The summed E-state index contributed by atoms with van der Waals surface area (Å²) >= 11 is 0. The Bertz CT molecular complexity index is 1370. The van der Waals surface area contributed by atoms with Crippen molar-refractivity contribution in [3.63, 3.8) is 0 Å². The lowest BCUT2D eigenvalue weighted by Crippen LogP contribution is -2.35. The second-order valence-electron chi connectivity index (χ2n) is 9.37. The Morgan fingerprint density at radius 3 is 2.33 bits per heavy atom. The van der Waals surface area contributed by atoms with Gasteiger partial charge >= 0.3 is 0 Å². The van der Waals surface area contributed by atoms with Crippen LogP contribution in [0.25, 0.3) is 11.6 Å². The van der Waals surface area contributed by atoms with Crippen molar-refractivity contribution in [3.8, 4) is 0 Å². The molecule has 0 aromatic heterocycles. The number of aryl methyl sites for hydroxylation is 1. The molecular weight excluding hydrogens is 396 g/mol. The zero-order valence-electron chi connectivity index (χ0n) is 19.3. The number of allylic oxidation sites excluding steroid dienone is 9. The van der Waals surface area contributed by atoms with Crippen LogP contribution in [0.3, 0.4) is 0 Å². The second kappa shape index (κ2) is 7.74. The summed E-state index contributed by atoms with van der Waals surface area (Å²) in [5.41, 5.74) is 12.0. The Labute approximate surface area is 197 Å². The summed E-state index contributed by atoms with van der Waals surface area (Å²) in [4.78, 5) is 0. The summed E-state index contributed by atoms with van der Waals surface area (Å²) in [5.74, 6) is 0.203. The summed E-state index contributed by atoms with van der Waals surface area (Å²) in [7, 11) is 0. The van der Waals surface area contributed by atoms with Crippen LogP contribution in [0.15, 0.2) is 126 Å². The first kappa shape index (κ1) is 20.0. The van der Waals surface area contributed by atoms with Crippen molar-refractivity contribution in [1.82, 2.24) is 0 Å². The van der Waals surface area contributed by atoms with Crippen LogP contribution in [0.1, 0.15) is 47.1 Å². The van der Waals surface area contributed by atoms with Crippen molar-refractivity contribution in [1.29, 1.82) is 0 Å². The van der Waals surface area contributed by atoms with E-state index in [2.05, 4.69) is 129 Å². The molecule has 0 bridgehead atoms. The fourth-order valence-corrected chi connectivity index (χ4v) is 5.88. The minimum Gasteiger partial charge on any atom is -0.0686 e. The molecule has 2 unspecified atom stereocenters. The summed E-state index contributed by atoms with van der Waals surface area (Å²) in [6, 6.07) is 29.1. The lowest BCUT2D eigenvalue weighted by molar-refractivity contribution is 0.580. The highest BCUT2D eigenvalue weighted by atomic mass is 14.5. The number of hydrogen-bond donors (Lipinski definition) is 0. The van der Waals surface area contributed by atoms with Gasteiger partial charge in [0.25, 0.3) is 0 Å². The quantitative estimate of drug-likeness (QED) is 0.395. The third-order valence-electron chi connectivity index (χ3n) is 7.49. The van der Waals surface area contributed by atoms with Crippen molar-refractivity contribution in [2.75, 3.05) is 0 Å². The molecule has 0 saturated carbocycles. The molecule has 0 saturated heterocycles. The van der Waals surface area contributed by atoms with Crippen LogP contribution < -0.4 is 0 Å². The van der Waals surface area contributed by atoms with Gasteiger partial charge < -0.3 is 0 Å². The molecule has 2 atom stereocenters. The van der Waals surface area contributed by atoms with Crippen LogP contribution in [0.5, 0.6) is 0 Å². The topological polar surface area (TPSA) is 0 Å². The van der Waals surface area contributed by atoms with Gasteiger partial charge in [0.15, 0.2) is 0 Å². The maximum absolute atomic E-state index is 2.46. The van der Waals surface area contributed by atoms with E-state index >= 15 is 0 Å². The Morgan fingerprint density at radius 2 is 1.55 bits per heavy atom. The van der Waals surface area contributed by atoms with E-state index in [0.29, 0.717) is 0 Å². The smallest absolute Gasteiger partial charge is 0.0500 e. The minimum atomic E-state index is -0.262. The monoisotopic (exact) mass is 424 g/mol. The highest BCUT2D eigenvalue weighted by Gasteiger charge is 2.49. The van der Waals surface area contributed by atoms with Gasteiger partial charge in [-0.05, 0) is 57.9 Å². The highest BCUT2D eigenvalue weighted by molar-refractivity contribution is 5.94. The van der Waals surface area contributed by atoms with E-state index in [4.69, 9.17) is 0 Å². The van der Waals surface area contributed by atoms with Gasteiger partial charge in [-0.3, -0.25) is 0 Å². The van der Waals surface area contributed by atoms with E-state index in [1.54, 1.807) is 0 Å². The standard InChI is InChI=1S/C33H28/c1-3-24-20-27-11-9-19-33(31(27)21-24,28-12-5-4-6-13-28)32-29-14-8-7-10-26(29)22-30(32)25-17-15-23(2)16-18-25/h4-22,32H,3H2,1-2H3. The number of benzene rings is 3. The van der Waals surface area contributed by atoms with E-state index in [1.165, 1.54) is 50.1 Å². The fraction of sp³-hybridized carbons (Fsp3) is 0.152. The summed E-state index contributed by atoms with van der Waals surface area (Å²) < 4.78 is 0. The van der Waals surface area contributed by atoms with Gasteiger partial charge in [0, 0.05) is 11.3 Å². The van der Waals surface area contributed by atoms with Crippen LogP contribution in [-0.2, 0) is 5.41 Å². The molecule has 0 aliphatic heterocycles. The lowest BCUT2D eigenvalue weighted by Gasteiger charge is -2.43. The maximum atomic E-state index is 2.46. The molecule has 0 N–H and O–H groups in total. The van der Waals surface area contributed by atoms with Crippen molar-refractivity contribution in [3.05, 3.63) is 154 Å². The maximum Gasteiger partial charge on any atom is 0.0500 e. The van der Waals surface area contributed by atoms with E-state index in [0.717, 1.165) is 6.42 Å². The van der Waals surface area contributed by atoms with E-state index in [-0.39, 0.29) is 11.3 Å². The predicted octanol–water partition coefficient (Wildman–Crippen LogP) is 8.34. The Hall–Kier alpha value is -3.64. The van der Waals surface area contributed by atoms with Crippen molar-refractivity contribution < 1.29 is 0 Å². The van der Waals surface area contributed by atoms with E-state index in [1.807, 2.05) is 0 Å². The molecule has 0 radical (unpaired) electrons. The highest BCUT2D eigenvalue weighted by Crippen LogP contribution is 2.59. The van der Waals surface area contributed by atoms with Gasteiger partial charge in [-0.25, -0.2) is 0 Å². The average molecular weight is 425 g/mol. The molecule has 0 spiro atoms. The average Bonchev–Trinajstić information content (AvgIpc) is 3.47. The number of fused-ring (bicyclic) bond motifs is 2. The van der Waals surface area contributed by atoms with Gasteiger partial charge in [-0.15, -0.1) is 0 Å². The van der Waals surface area contributed by atoms with E-state index in [9.17, 15) is 0 Å². The third kappa shape index (κ3) is 3.05. The lowest BCUT2D eigenvalue weighted by atomic mass is 9.59. The Kier molecular flexibility index (Phi) is 4.69. The van der Waals surface area contributed by atoms with Crippen LogP contribution in [0, 0.1) is 6.92 Å². The van der Waals surface area contributed by atoms with Gasteiger partial charge in [-0.2, -0.15) is 0 Å². The molecular formula is C33H28. The largest absolute Gasteiger partial charge is 0.0686 e. The van der Waals surface area contributed by atoms with Gasteiger partial charge in [0.2, 0.25) is 0 Å². The Morgan fingerprint density at radius 1 is 0.788 bits per heavy atom. The first-order chi connectivity index (χ1) is 16.2. The molecule has 0 amide bonds. The SMILES string of the molecule is CCC1=CC2=CC=CC(c3ccccc3)(C3C(c4ccc(C)cc4)=Cc4ccccc43)C2=C1. The molecule has 0 heteroatoms. The van der Waals surface area contributed by atoms with Gasteiger partial charge in [-0.1, -0.05) is 128 Å². The first-order valence-corrected chi connectivity index (χ1v) is 12.0. The zero-order chi connectivity index (χ0) is 22.4. The molecule has 3 aliphatic carbocycles. The van der Waals surface area contributed by atoms with Crippen LogP contribution in [-0.4, -0.2) is 0 Å². The molecule has 3 aliphatic rings. The summed E-state index contributed by atoms with van der Waals surface area (Å²) in [6.07, 6.45) is 15.3. The minimum absolute atomic E-state index is 0.203. The van der Waals surface area contributed by atoms with Crippen LogP contribution in [0.2, 0.25) is 0 Å². The fourth-order valence-electron chi connectivity index (χ4n) is 5.88. The molecule has 0 fully saturated rings. The van der Waals surface area contributed by atoms with Crippen molar-refractivity contribution in [2.24, 2.45) is 0 Å². The zero-order valence-corrected chi connectivity index (χ0v) is 19.3. The van der Waals surface area contributed by atoms with Crippen LogP contribution >= 0.6 is 0 Å². The first-order valence-electron chi connectivity index (χ1n) is 12.0. The van der Waals surface area contributed by atoms with Crippen molar-refractivity contribution >= 4 is 11.6 Å². The molecule has 0 nitrogen and oxygen atoms in total. The number of hydrogen-bond acceptors (Lipinski definition) is 0. The third-order valence-corrected chi connectivity index (χ3v) is 7.49. The number of rotatable bonds is 4. The van der Waals surface area contributed by atoms with Gasteiger partial charge in [0.05, 0.1) is 0 Å². The van der Waals surface area contributed by atoms with Crippen LogP contribution in [0.4, 0.5) is 0 Å². The molecule has 3 aromatic rings. The Balaban J connectivity index is 1.64. The molecule has 33 heavy (non-hydrogen) atoms. The predicted molar refractivity (Wildman–Crippen MR) is 140 cm³/mol. The molecule has 3 aromatic carbocycles. The van der Waals surface area contributed by atoms with E-state index < -0.39 is 0 Å². The summed E-state index contributed by atoms with van der Waals surface area (Å²) in [6.45, 7) is 4.41. The normalized spacial score (nSPS) is 22.8. The molecule has 6 rings (SSSR count). The summed E-state index contributed by atoms with van der Waals surface area (Å²) in [5, 5.41) is 0.